The topological polar surface area (TPSA) is 54.5 Å². The van der Waals surface area contributed by atoms with Gasteiger partial charge >= 0.3 is 0 Å². The lowest BCUT2D eigenvalue weighted by molar-refractivity contribution is -0.115. The average molecular weight is 337 g/mol. The molecule has 0 radical (unpaired) electrons. The molecule has 0 saturated carbocycles. The first-order chi connectivity index (χ1) is 11.6. The maximum absolute atomic E-state index is 13.0. The molecule has 0 aliphatic carbocycles. The summed E-state index contributed by atoms with van der Waals surface area (Å²) in [4.78, 5) is 37.8. The third-order valence-corrected chi connectivity index (χ3v) is 4.01. The predicted molar refractivity (Wildman–Crippen MR) is 99.1 cm³/mol. The number of benzene rings is 2. The molecule has 0 atom stereocenters. The Hall–Kier alpha value is -2.75. The summed E-state index contributed by atoms with van der Waals surface area (Å²) in [6.45, 7) is 8.96. The van der Waals surface area contributed by atoms with Crippen LogP contribution in [-0.2, 0) is 10.2 Å². The predicted octanol–water partition coefficient (Wildman–Crippen LogP) is 4.38. The normalized spacial score (nSPS) is 11.1. The highest BCUT2D eigenvalue weighted by molar-refractivity contribution is 6.21. The lowest BCUT2D eigenvalue weighted by atomic mass is 9.85. The lowest BCUT2D eigenvalue weighted by Gasteiger charge is -2.28. The van der Waals surface area contributed by atoms with E-state index in [1.165, 1.54) is 18.7 Å². The second-order valence-electron chi connectivity index (χ2n) is 7.06. The highest BCUT2D eigenvalue weighted by atomic mass is 16.2. The molecule has 2 rings (SSSR count). The van der Waals surface area contributed by atoms with Crippen molar-refractivity contribution < 1.29 is 14.4 Å². The number of imide groups is 1. The molecule has 4 heteroatoms. The fourth-order valence-corrected chi connectivity index (χ4v) is 2.70. The number of carbonyl (C=O) groups excluding carboxylic acids is 3. The smallest absolute Gasteiger partial charge is 0.265 e. The summed E-state index contributed by atoms with van der Waals surface area (Å²) in [5.41, 5.74) is 2.18. The third-order valence-electron chi connectivity index (χ3n) is 4.01. The van der Waals surface area contributed by atoms with E-state index < -0.39 is 5.91 Å². The van der Waals surface area contributed by atoms with Crippen LogP contribution in [0.4, 0.5) is 5.69 Å². The second kappa shape index (κ2) is 7.01. The molecule has 0 aliphatic heterocycles. The van der Waals surface area contributed by atoms with Crippen LogP contribution < -0.4 is 4.90 Å². The number of hydrogen-bond acceptors (Lipinski definition) is 3. The van der Waals surface area contributed by atoms with Crippen LogP contribution in [0.5, 0.6) is 0 Å². The van der Waals surface area contributed by atoms with Gasteiger partial charge in [-0.05, 0) is 36.1 Å². The molecule has 0 saturated heterocycles. The Kier molecular flexibility index (Phi) is 5.21. The van der Waals surface area contributed by atoms with E-state index in [1.54, 1.807) is 30.3 Å². The van der Waals surface area contributed by atoms with Crippen molar-refractivity contribution in [3.8, 4) is 0 Å². The third kappa shape index (κ3) is 4.02. The quantitative estimate of drug-likeness (QED) is 0.781. The number of hydrogen-bond donors (Lipinski definition) is 0. The van der Waals surface area contributed by atoms with Gasteiger partial charge in [0.1, 0.15) is 0 Å². The zero-order valence-corrected chi connectivity index (χ0v) is 15.3. The first kappa shape index (κ1) is 18.6. The van der Waals surface area contributed by atoms with Crippen LogP contribution in [0.15, 0.2) is 48.5 Å². The monoisotopic (exact) mass is 337 g/mol. The Labute approximate surface area is 148 Å². The minimum absolute atomic E-state index is 0.0690. The van der Waals surface area contributed by atoms with E-state index in [-0.39, 0.29) is 17.1 Å². The van der Waals surface area contributed by atoms with Gasteiger partial charge in [-0.15, -0.1) is 0 Å². The Bertz CT molecular complexity index is 814. The van der Waals surface area contributed by atoms with Crippen LogP contribution in [0, 0.1) is 0 Å². The van der Waals surface area contributed by atoms with Crippen molar-refractivity contribution in [2.24, 2.45) is 0 Å². The lowest BCUT2D eigenvalue weighted by Crippen LogP contribution is -2.37. The van der Waals surface area contributed by atoms with Gasteiger partial charge in [0, 0.05) is 18.1 Å². The Balaban J connectivity index is 2.51. The number of ketones is 1. The van der Waals surface area contributed by atoms with Crippen molar-refractivity contribution in [1.82, 2.24) is 0 Å². The molecule has 0 bridgehead atoms. The zero-order chi connectivity index (χ0) is 18.8. The molecule has 0 heterocycles. The molecule has 0 aliphatic rings. The Morgan fingerprint density at radius 2 is 1.32 bits per heavy atom. The zero-order valence-electron chi connectivity index (χ0n) is 15.3. The van der Waals surface area contributed by atoms with Crippen molar-refractivity contribution >= 4 is 23.3 Å². The van der Waals surface area contributed by atoms with Gasteiger partial charge in [0.25, 0.3) is 5.91 Å². The van der Waals surface area contributed by atoms with E-state index in [9.17, 15) is 14.4 Å². The van der Waals surface area contributed by atoms with E-state index in [2.05, 4.69) is 0 Å². The molecule has 4 nitrogen and oxygen atoms in total. The number of amides is 2. The minimum atomic E-state index is -0.403. The van der Waals surface area contributed by atoms with E-state index in [0.717, 1.165) is 5.56 Å². The van der Waals surface area contributed by atoms with E-state index >= 15 is 0 Å². The van der Waals surface area contributed by atoms with Gasteiger partial charge in [-0.3, -0.25) is 14.4 Å². The van der Waals surface area contributed by atoms with Gasteiger partial charge < -0.3 is 0 Å². The highest BCUT2D eigenvalue weighted by Crippen LogP contribution is 2.32. The number of nitrogens with zero attached hydrogens (tertiary/aromatic N) is 1. The van der Waals surface area contributed by atoms with Crippen molar-refractivity contribution in [3.63, 3.8) is 0 Å². The molecule has 25 heavy (non-hydrogen) atoms. The largest absolute Gasteiger partial charge is 0.295 e. The van der Waals surface area contributed by atoms with Gasteiger partial charge in [0.2, 0.25) is 5.91 Å². The molecular weight excluding hydrogens is 314 g/mol. The summed E-state index contributed by atoms with van der Waals surface area (Å²) in [6, 6.07) is 13.8. The SMILES string of the molecule is CC(=O)c1ccc(C(=O)N(C(C)=O)c2ccccc2C(C)(C)C)cc1. The van der Waals surface area contributed by atoms with E-state index in [4.69, 9.17) is 0 Å². The van der Waals surface area contributed by atoms with Crippen molar-refractivity contribution in [3.05, 3.63) is 65.2 Å². The maximum Gasteiger partial charge on any atom is 0.265 e. The van der Waals surface area contributed by atoms with Gasteiger partial charge in [0.05, 0.1) is 5.69 Å². The van der Waals surface area contributed by atoms with Crippen LogP contribution in [0.2, 0.25) is 0 Å². The van der Waals surface area contributed by atoms with Crippen molar-refractivity contribution in [2.75, 3.05) is 4.90 Å². The van der Waals surface area contributed by atoms with Crippen molar-refractivity contribution in [1.29, 1.82) is 0 Å². The van der Waals surface area contributed by atoms with Gasteiger partial charge in [-0.1, -0.05) is 51.1 Å². The molecular formula is C21H23NO3. The van der Waals surface area contributed by atoms with Crippen LogP contribution in [0.1, 0.15) is 60.9 Å². The van der Waals surface area contributed by atoms with Gasteiger partial charge in [-0.2, -0.15) is 0 Å². The molecule has 2 aromatic rings. The molecule has 0 spiro atoms. The first-order valence-corrected chi connectivity index (χ1v) is 8.18. The summed E-state index contributed by atoms with van der Waals surface area (Å²) in [6.07, 6.45) is 0. The molecule has 2 aromatic carbocycles. The van der Waals surface area contributed by atoms with E-state index in [0.29, 0.717) is 16.8 Å². The van der Waals surface area contributed by atoms with E-state index in [1.807, 2.05) is 39.0 Å². The number of carbonyl (C=O) groups is 3. The van der Waals surface area contributed by atoms with Crippen LogP contribution in [-0.4, -0.2) is 17.6 Å². The van der Waals surface area contributed by atoms with Crippen LogP contribution in [0.25, 0.3) is 0 Å². The molecule has 130 valence electrons. The summed E-state index contributed by atoms with van der Waals surface area (Å²) < 4.78 is 0. The molecule has 0 aromatic heterocycles. The number of para-hydroxylation sites is 1. The standard InChI is InChI=1S/C21H23NO3/c1-14(23)16-10-12-17(13-11-16)20(25)22(15(2)24)19-9-7-6-8-18(19)21(3,4)5/h6-13H,1-5H3. The van der Waals surface area contributed by atoms with Gasteiger partial charge in [-0.25, -0.2) is 4.90 Å². The Morgan fingerprint density at radius 1 is 0.800 bits per heavy atom. The van der Waals surface area contributed by atoms with Crippen molar-refractivity contribution in [2.45, 2.75) is 40.0 Å². The average Bonchev–Trinajstić information content (AvgIpc) is 2.54. The maximum atomic E-state index is 13.0. The highest BCUT2D eigenvalue weighted by Gasteiger charge is 2.27. The minimum Gasteiger partial charge on any atom is -0.295 e. The molecule has 0 N–H and O–H groups in total. The Morgan fingerprint density at radius 3 is 1.80 bits per heavy atom. The summed E-state index contributed by atoms with van der Waals surface area (Å²) in [5, 5.41) is 0. The summed E-state index contributed by atoms with van der Waals surface area (Å²) >= 11 is 0. The fourth-order valence-electron chi connectivity index (χ4n) is 2.70. The number of anilines is 1. The molecule has 0 unspecified atom stereocenters. The summed E-state index contributed by atoms with van der Waals surface area (Å²) in [7, 11) is 0. The molecule has 0 fully saturated rings. The summed E-state index contributed by atoms with van der Waals surface area (Å²) in [5.74, 6) is -0.822. The first-order valence-electron chi connectivity index (χ1n) is 8.18. The van der Waals surface area contributed by atoms with Gasteiger partial charge in [0.15, 0.2) is 5.78 Å². The van der Waals surface area contributed by atoms with Crippen LogP contribution >= 0.6 is 0 Å². The second-order valence-corrected chi connectivity index (χ2v) is 7.06. The van der Waals surface area contributed by atoms with Crippen LogP contribution in [0.3, 0.4) is 0 Å². The molecule has 2 amide bonds. The number of rotatable bonds is 3. The fraction of sp³-hybridized carbons (Fsp3) is 0.286. The number of Topliss-reactive ketones (excluding diaryl/α,β-unsaturated/α-hetero) is 1.